The fourth-order valence-electron chi connectivity index (χ4n) is 1.12. The summed E-state index contributed by atoms with van der Waals surface area (Å²) < 4.78 is 4.97. The van der Waals surface area contributed by atoms with E-state index in [4.69, 9.17) is 15.6 Å². The number of carbonyl (C=O) groups is 2. The minimum Gasteiger partial charge on any atom is -0.376 e. The van der Waals surface area contributed by atoms with Crippen molar-refractivity contribution in [2.24, 2.45) is 5.73 Å². The normalized spacial score (nSPS) is 25.2. The second-order valence-electron chi connectivity index (χ2n) is 2.71. The van der Waals surface area contributed by atoms with Crippen molar-refractivity contribution in [3.8, 4) is 0 Å². The lowest BCUT2D eigenvalue weighted by Crippen LogP contribution is -2.41. The van der Waals surface area contributed by atoms with Gasteiger partial charge in [0, 0.05) is 6.61 Å². The zero-order valence-electron chi connectivity index (χ0n) is 6.53. The fraction of sp³-hybridized carbons (Fsp3) is 0.714. The summed E-state index contributed by atoms with van der Waals surface area (Å²) in [5, 5.41) is 8.95. The molecular formula is C7H11NO4. The monoisotopic (exact) mass is 173 g/mol. The van der Waals surface area contributed by atoms with Gasteiger partial charge >= 0.3 is 0 Å². The van der Waals surface area contributed by atoms with Gasteiger partial charge in [0.15, 0.2) is 11.9 Å². The van der Waals surface area contributed by atoms with E-state index in [0.717, 1.165) is 6.42 Å². The summed E-state index contributed by atoms with van der Waals surface area (Å²) in [6.45, 7) is 0.502. The van der Waals surface area contributed by atoms with Crippen LogP contribution in [-0.4, -0.2) is 35.6 Å². The number of aliphatic hydroxyl groups excluding tert-OH is 1. The molecule has 5 nitrogen and oxygen atoms in total. The first kappa shape index (κ1) is 9.15. The molecule has 0 bridgehead atoms. The number of ether oxygens (including phenoxy) is 1. The third kappa shape index (κ3) is 1.80. The quantitative estimate of drug-likeness (QED) is 0.512. The van der Waals surface area contributed by atoms with E-state index in [9.17, 15) is 9.59 Å². The van der Waals surface area contributed by atoms with Crippen molar-refractivity contribution in [3.63, 3.8) is 0 Å². The Bertz CT molecular complexity index is 198. The zero-order chi connectivity index (χ0) is 9.14. The molecule has 68 valence electrons. The van der Waals surface area contributed by atoms with Gasteiger partial charge < -0.3 is 15.6 Å². The Balaban J connectivity index is 2.51. The Labute approximate surface area is 69.5 Å². The van der Waals surface area contributed by atoms with Crippen LogP contribution in [0.15, 0.2) is 0 Å². The highest BCUT2D eigenvalue weighted by molar-refractivity contribution is 6.05. The first-order chi connectivity index (χ1) is 5.63. The molecule has 1 aliphatic rings. The largest absolute Gasteiger partial charge is 0.376 e. The Morgan fingerprint density at radius 3 is 2.67 bits per heavy atom. The third-order valence-electron chi connectivity index (χ3n) is 1.79. The summed E-state index contributed by atoms with van der Waals surface area (Å²) >= 11 is 0. The van der Waals surface area contributed by atoms with Gasteiger partial charge in [0.2, 0.25) is 0 Å². The van der Waals surface area contributed by atoms with E-state index < -0.39 is 23.9 Å². The molecule has 0 aromatic rings. The van der Waals surface area contributed by atoms with Crippen LogP contribution in [0.3, 0.4) is 0 Å². The number of aliphatic hydroxyl groups is 1. The van der Waals surface area contributed by atoms with E-state index in [0.29, 0.717) is 13.0 Å². The highest BCUT2D eigenvalue weighted by Gasteiger charge is 2.31. The molecule has 12 heavy (non-hydrogen) atoms. The molecule has 1 saturated heterocycles. The molecule has 1 fully saturated rings. The van der Waals surface area contributed by atoms with E-state index in [2.05, 4.69) is 0 Å². The zero-order valence-corrected chi connectivity index (χ0v) is 6.53. The van der Waals surface area contributed by atoms with Gasteiger partial charge in [-0.2, -0.15) is 0 Å². The minimum absolute atomic E-state index is 0.502. The van der Waals surface area contributed by atoms with Crippen LogP contribution in [0.1, 0.15) is 12.8 Å². The maximum Gasteiger partial charge on any atom is 0.254 e. The SMILES string of the molecule is NC(=O)C(O)C(=O)C1CCCO1. The maximum absolute atomic E-state index is 11.1. The number of nitrogens with two attached hydrogens (primary N) is 1. The van der Waals surface area contributed by atoms with Crippen molar-refractivity contribution in [2.45, 2.75) is 25.0 Å². The van der Waals surface area contributed by atoms with E-state index >= 15 is 0 Å². The first-order valence-electron chi connectivity index (χ1n) is 3.75. The molecule has 0 aromatic carbocycles. The average molecular weight is 173 g/mol. The number of hydrogen-bond acceptors (Lipinski definition) is 4. The van der Waals surface area contributed by atoms with Gasteiger partial charge in [0.1, 0.15) is 6.10 Å². The van der Waals surface area contributed by atoms with E-state index in [1.165, 1.54) is 0 Å². The molecule has 1 amide bonds. The molecule has 0 aliphatic carbocycles. The molecule has 3 N–H and O–H groups in total. The van der Waals surface area contributed by atoms with Gasteiger partial charge in [-0.1, -0.05) is 0 Å². The number of carbonyl (C=O) groups excluding carboxylic acids is 2. The van der Waals surface area contributed by atoms with Crippen LogP contribution in [0.25, 0.3) is 0 Å². The number of amides is 1. The maximum atomic E-state index is 11.1. The number of primary amides is 1. The van der Waals surface area contributed by atoms with Crippen molar-refractivity contribution in [2.75, 3.05) is 6.61 Å². The summed E-state index contributed by atoms with van der Waals surface area (Å²) in [7, 11) is 0. The lowest BCUT2D eigenvalue weighted by atomic mass is 10.1. The molecule has 0 spiro atoms. The Morgan fingerprint density at radius 1 is 1.58 bits per heavy atom. The van der Waals surface area contributed by atoms with Crippen LogP contribution in [0, 0.1) is 0 Å². The van der Waals surface area contributed by atoms with Gasteiger partial charge in [-0.05, 0) is 12.8 Å². The second-order valence-corrected chi connectivity index (χ2v) is 2.71. The number of ketones is 1. The number of rotatable bonds is 3. The lowest BCUT2D eigenvalue weighted by molar-refractivity contribution is -0.143. The topological polar surface area (TPSA) is 89.6 Å². The van der Waals surface area contributed by atoms with E-state index in [1.807, 2.05) is 0 Å². The summed E-state index contributed by atoms with van der Waals surface area (Å²) in [6, 6.07) is 0. The molecule has 0 saturated carbocycles. The van der Waals surface area contributed by atoms with Gasteiger partial charge in [-0.15, -0.1) is 0 Å². The van der Waals surface area contributed by atoms with Gasteiger partial charge in [0.25, 0.3) is 5.91 Å². The summed E-state index contributed by atoms with van der Waals surface area (Å²) in [5.74, 6) is -1.64. The van der Waals surface area contributed by atoms with Crippen molar-refractivity contribution in [3.05, 3.63) is 0 Å². The predicted octanol–water partition coefficient (Wildman–Crippen LogP) is -1.42. The molecule has 0 radical (unpaired) electrons. The van der Waals surface area contributed by atoms with Crippen molar-refractivity contribution < 1.29 is 19.4 Å². The summed E-state index contributed by atoms with van der Waals surface area (Å²) in [4.78, 5) is 21.5. The highest BCUT2D eigenvalue weighted by atomic mass is 16.5. The third-order valence-corrected chi connectivity index (χ3v) is 1.79. The van der Waals surface area contributed by atoms with Crippen molar-refractivity contribution >= 4 is 11.7 Å². The van der Waals surface area contributed by atoms with Crippen LogP contribution >= 0.6 is 0 Å². The van der Waals surface area contributed by atoms with Crippen LogP contribution in [-0.2, 0) is 14.3 Å². The van der Waals surface area contributed by atoms with Gasteiger partial charge in [-0.25, -0.2) is 0 Å². The summed E-state index contributed by atoms with van der Waals surface area (Å²) in [6.07, 6.45) is -1.02. The molecule has 2 unspecified atom stereocenters. The van der Waals surface area contributed by atoms with Crippen LogP contribution < -0.4 is 5.73 Å². The van der Waals surface area contributed by atoms with E-state index in [-0.39, 0.29) is 0 Å². The molecule has 1 rings (SSSR count). The fourth-order valence-corrected chi connectivity index (χ4v) is 1.12. The van der Waals surface area contributed by atoms with Gasteiger partial charge in [0.05, 0.1) is 0 Å². The summed E-state index contributed by atoms with van der Waals surface area (Å²) in [5.41, 5.74) is 4.74. The van der Waals surface area contributed by atoms with Crippen LogP contribution in [0.2, 0.25) is 0 Å². The standard InChI is InChI=1S/C7H11NO4/c8-7(11)6(10)5(9)4-2-1-3-12-4/h4,6,10H,1-3H2,(H2,8,11). The highest BCUT2D eigenvalue weighted by Crippen LogP contribution is 2.14. The van der Waals surface area contributed by atoms with Crippen molar-refractivity contribution in [1.82, 2.24) is 0 Å². The molecule has 1 heterocycles. The Morgan fingerprint density at radius 2 is 2.25 bits per heavy atom. The first-order valence-corrected chi connectivity index (χ1v) is 3.75. The smallest absolute Gasteiger partial charge is 0.254 e. The molecule has 1 aliphatic heterocycles. The second kappa shape index (κ2) is 3.64. The number of hydrogen-bond donors (Lipinski definition) is 2. The van der Waals surface area contributed by atoms with Gasteiger partial charge in [-0.3, -0.25) is 9.59 Å². The number of Topliss-reactive ketones (excluding diaryl/α,β-unsaturated/α-hetero) is 1. The van der Waals surface area contributed by atoms with Crippen LogP contribution in [0.5, 0.6) is 0 Å². The molecule has 2 atom stereocenters. The molecular weight excluding hydrogens is 162 g/mol. The van der Waals surface area contributed by atoms with Crippen molar-refractivity contribution in [1.29, 1.82) is 0 Å². The predicted molar refractivity (Wildman–Crippen MR) is 39.2 cm³/mol. The van der Waals surface area contributed by atoms with E-state index in [1.54, 1.807) is 0 Å². The Kier molecular flexibility index (Phi) is 2.78. The Hall–Kier alpha value is -0.940. The van der Waals surface area contributed by atoms with Crippen LogP contribution in [0.4, 0.5) is 0 Å². The molecule has 0 aromatic heterocycles. The average Bonchev–Trinajstić information content (AvgIpc) is 2.53. The minimum atomic E-state index is -1.71. The molecule has 5 heteroatoms. The lowest BCUT2D eigenvalue weighted by Gasteiger charge is -2.10.